The average Bonchev–Trinajstić information content (AvgIpc) is 2.51. The van der Waals surface area contributed by atoms with Crippen molar-refractivity contribution < 1.29 is 19.1 Å². The second kappa shape index (κ2) is 6.19. The maximum absolute atomic E-state index is 13.4. The molecule has 2 unspecified atom stereocenters. The second-order valence-electron chi connectivity index (χ2n) is 9.89. The van der Waals surface area contributed by atoms with Gasteiger partial charge in [0, 0.05) is 24.7 Å². The zero-order chi connectivity index (χ0) is 19.4. The van der Waals surface area contributed by atoms with Crippen LogP contribution in [-0.4, -0.2) is 29.6 Å². The number of ketones is 1. The Bertz CT molecular complexity index is 628. The molecule has 6 atom stereocenters. The molecule has 0 bridgehead atoms. The maximum atomic E-state index is 13.4. The van der Waals surface area contributed by atoms with Crippen LogP contribution in [0, 0.1) is 22.7 Å². The van der Waals surface area contributed by atoms with Crippen LogP contribution in [0.3, 0.4) is 0 Å². The van der Waals surface area contributed by atoms with E-state index < -0.39 is 5.60 Å². The maximum Gasteiger partial charge on any atom is 0.302 e. The number of hydrogen-bond donors (Lipinski definition) is 0. The summed E-state index contributed by atoms with van der Waals surface area (Å²) < 4.78 is 11.9. The van der Waals surface area contributed by atoms with Gasteiger partial charge in [0.2, 0.25) is 0 Å². The number of rotatable bonds is 3. The quantitative estimate of drug-likeness (QED) is 0.549. The Morgan fingerprint density at radius 2 is 1.96 bits per heavy atom. The molecule has 146 valence electrons. The van der Waals surface area contributed by atoms with Gasteiger partial charge in [-0.15, -0.1) is 6.58 Å². The van der Waals surface area contributed by atoms with E-state index in [1.165, 1.54) is 6.92 Å². The SMILES string of the molecule is C=C[C@]1(C)CCC2[C@]3(C)CCCC(C)(COC(C)=O)[C@@H]3C(=O)C[C@]2(C)O1. The van der Waals surface area contributed by atoms with E-state index in [4.69, 9.17) is 9.47 Å². The molecular weight excluding hydrogens is 328 g/mol. The van der Waals surface area contributed by atoms with Crippen LogP contribution in [-0.2, 0) is 19.1 Å². The number of Topliss-reactive ketones (excluding diaryl/α,β-unsaturated/α-hetero) is 1. The smallest absolute Gasteiger partial charge is 0.302 e. The van der Waals surface area contributed by atoms with Crippen molar-refractivity contribution >= 4 is 11.8 Å². The van der Waals surface area contributed by atoms with Gasteiger partial charge in [0.25, 0.3) is 0 Å². The number of fused-ring (bicyclic) bond motifs is 3. The minimum atomic E-state index is -0.441. The summed E-state index contributed by atoms with van der Waals surface area (Å²) in [6, 6.07) is 0. The minimum Gasteiger partial charge on any atom is -0.465 e. The Balaban J connectivity index is 1.96. The molecule has 4 heteroatoms. The van der Waals surface area contributed by atoms with Gasteiger partial charge in [-0.3, -0.25) is 9.59 Å². The van der Waals surface area contributed by atoms with E-state index >= 15 is 0 Å². The number of esters is 1. The van der Waals surface area contributed by atoms with Crippen LogP contribution in [0.15, 0.2) is 12.7 Å². The largest absolute Gasteiger partial charge is 0.465 e. The fraction of sp³-hybridized carbons (Fsp3) is 0.818. The summed E-state index contributed by atoms with van der Waals surface area (Å²) >= 11 is 0. The Labute approximate surface area is 157 Å². The summed E-state index contributed by atoms with van der Waals surface area (Å²) in [5.41, 5.74) is -1.19. The molecule has 0 amide bonds. The lowest BCUT2D eigenvalue weighted by molar-refractivity contribution is -0.246. The molecule has 3 rings (SSSR count). The highest BCUT2D eigenvalue weighted by Gasteiger charge is 2.65. The van der Waals surface area contributed by atoms with Gasteiger partial charge < -0.3 is 9.47 Å². The van der Waals surface area contributed by atoms with Gasteiger partial charge in [-0.05, 0) is 50.9 Å². The first kappa shape index (κ1) is 19.6. The van der Waals surface area contributed by atoms with Gasteiger partial charge in [0.1, 0.15) is 5.78 Å². The first-order valence-electron chi connectivity index (χ1n) is 9.98. The fourth-order valence-electron chi connectivity index (χ4n) is 6.68. The van der Waals surface area contributed by atoms with Gasteiger partial charge >= 0.3 is 5.97 Å². The molecule has 26 heavy (non-hydrogen) atoms. The van der Waals surface area contributed by atoms with Gasteiger partial charge in [-0.25, -0.2) is 0 Å². The first-order valence-corrected chi connectivity index (χ1v) is 9.98. The highest BCUT2D eigenvalue weighted by molar-refractivity contribution is 5.85. The van der Waals surface area contributed by atoms with Gasteiger partial charge in [-0.2, -0.15) is 0 Å². The molecule has 0 spiro atoms. The van der Waals surface area contributed by atoms with Crippen molar-refractivity contribution in [3.8, 4) is 0 Å². The lowest BCUT2D eigenvalue weighted by Gasteiger charge is -2.64. The Kier molecular flexibility index (Phi) is 4.66. The molecule has 3 fully saturated rings. The van der Waals surface area contributed by atoms with E-state index in [1.54, 1.807) is 0 Å². The van der Waals surface area contributed by atoms with Crippen LogP contribution >= 0.6 is 0 Å². The lowest BCUT2D eigenvalue weighted by Crippen LogP contribution is -2.66. The molecule has 3 aliphatic rings. The molecule has 4 nitrogen and oxygen atoms in total. The molecule has 1 saturated heterocycles. The van der Waals surface area contributed by atoms with Crippen LogP contribution in [0.1, 0.15) is 73.1 Å². The molecule has 0 aromatic rings. The third-order valence-electron chi connectivity index (χ3n) is 7.63. The Morgan fingerprint density at radius 3 is 2.58 bits per heavy atom. The van der Waals surface area contributed by atoms with Crippen LogP contribution in [0.2, 0.25) is 0 Å². The molecule has 2 aliphatic carbocycles. The number of hydrogen-bond acceptors (Lipinski definition) is 4. The summed E-state index contributed by atoms with van der Waals surface area (Å²) in [7, 11) is 0. The summed E-state index contributed by atoms with van der Waals surface area (Å²) in [6.07, 6.45) is 7.34. The van der Waals surface area contributed by atoms with Gasteiger partial charge in [0.05, 0.1) is 17.8 Å². The Hall–Kier alpha value is -1.16. The topological polar surface area (TPSA) is 52.6 Å². The van der Waals surface area contributed by atoms with Gasteiger partial charge in [0.15, 0.2) is 0 Å². The first-order chi connectivity index (χ1) is 12.0. The lowest BCUT2D eigenvalue weighted by atomic mass is 9.43. The van der Waals surface area contributed by atoms with E-state index in [0.29, 0.717) is 18.9 Å². The summed E-state index contributed by atoms with van der Waals surface area (Å²) in [6.45, 7) is 14.3. The van der Waals surface area contributed by atoms with Crippen molar-refractivity contribution in [2.45, 2.75) is 84.3 Å². The third kappa shape index (κ3) is 2.94. The van der Waals surface area contributed by atoms with E-state index in [-0.39, 0.29) is 34.1 Å². The monoisotopic (exact) mass is 362 g/mol. The number of ether oxygens (including phenoxy) is 2. The summed E-state index contributed by atoms with van der Waals surface area (Å²) in [5.74, 6) is 0.267. The molecule has 0 radical (unpaired) electrons. The van der Waals surface area contributed by atoms with Crippen LogP contribution in [0.4, 0.5) is 0 Å². The standard InChI is InChI=1S/C22H34O4/c1-7-20(4)12-9-17-21(5)11-8-10-19(3,14-25-15(2)23)18(21)16(24)13-22(17,6)26-20/h7,17-18H,1,8-14H2,2-6H3/t17?,18-,19?,20+,21-,22-/m0/s1. The Morgan fingerprint density at radius 1 is 1.27 bits per heavy atom. The molecule has 0 N–H and O–H groups in total. The molecule has 0 aromatic heterocycles. The molecule has 0 aromatic carbocycles. The number of carbonyl (C=O) groups excluding carboxylic acids is 2. The zero-order valence-corrected chi connectivity index (χ0v) is 17.0. The normalized spacial score (nSPS) is 48.3. The highest BCUT2D eigenvalue weighted by Crippen LogP contribution is 2.64. The van der Waals surface area contributed by atoms with Crippen molar-refractivity contribution in [1.29, 1.82) is 0 Å². The molecule has 2 saturated carbocycles. The van der Waals surface area contributed by atoms with Crippen LogP contribution in [0.25, 0.3) is 0 Å². The predicted octanol–water partition coefficient (Wildman–Crippen LogP) is 4.47. The molecule has 1 aliphatic heterocycles. The van der Waals surface area contributed by atoms with Crippen molar-refractivity contribution in [2.24, 2.45) is 22.7 Å². The summed E-state index contributed by atoms with van der Waals surface area (Å²) in [5, 5.41) is 0. The molecule has 1 heterocycles. The average molecular weight is 363 g/mol. The molecular formula is C22H34O4. The third-order valence-corrected chi connectivity index (χ3v) is 7.63. The fourth-order valence-corrected chi connectivity index (χ4v) is 6.68. The van der Waals surface area contributed by atoms with Crippen molar-refractivity contribution in [3.63, 3.8) is 0 Å². The minimum absolute atomic E-state index is 0.0714. The van der Waals surface area contributed by atoms with Crippen molar-refractivity contribution in [2.75, 3.05) is 6.61 Å². The predicted molar refractivity (Wildman–Crippen MR) is 101 cm³/mol. The van der Waals surface area contributed by atoms with Gasteiger partial charge in [-0.1, -0.05) is 26.3 Å². The zero-order valence-electron chi connectivity index (χ0n) is 17.0. The van der Waals surface area contributed by atoms with Crippen LogP contribution in [0.5, 0.6) is 0 Å². The highest BCUT2D eigenvalue weighted by atomic mass is 16.5. The van der Waals surface area contributed by atoms with E-state index in [1.807, 2.05) is 6.08 Å². The second-order valence-corrected chi connectivity index (χ2v) is 9.89. The van der Waals surface area contributed by atoms with E-state index in [9.17, 15) is 9.59 Å². The van der Waals surface area contributed by atoms with Crippen molar-refractivity contribution in [1.82, 2.24) is 0 Å². The van der Waals surface area contributed by atoms with E-state index in [2.05, 4.69) is 34.3 Å². The number of carbonyl (C=O) groups is 2. The van der Waals surface area contributed by atoms with E-state index in [0.717, 1.165) is 32.1 Å². The van der Waals surface area contributed by atoms with Crippen LogP contribution < -0.4 is 0 Å². The summed E-state index contributed by atoms with van der Waals surface area (Å²) in [4.78, 5) is 24.8. The van der Waals surface area contributed by atoms with Crippen molar-refractivity contribution in [3.05, 3.63) is 12.7 Å².